The standard InChI is InChI=1S/C14H18N2/c1-11-10-13-4-2-3-9-16(13)14(11)12-5-7-15-8-6-12/h2-4,9-10,12,15H,5-8H2,1H3. The summed E-state index contributed by atoms with van der Waals surface area (Å²) in [5.74, 6) is 0.728. The van der Waals surface area contributed by atoms with Crippen LogP contribution in [0, 0.1) is 6.92 Å². The van der Waals surface area contributed by atoms with Gasteiger partial charge in [-0.2, -0.15) is 0 Å². The van der Waals surface area contributed by atoms with E-state index in [1.807, 2.05) is 0 Å². The average molecular weight is 214 g/mol. The van der Waals surface area contributed by atoms with Crippen LogP contribution in [0.15, 0.2) is 30.5 Å². The van der Waals surface area contributed by atoms with Crippen LogP contribution in [0.5, 0.6) is 0 Å². The third-order valence-corrected chi connectivity index (χ3v) is 3.65. The predicted octanol–water partition coefficient (Wildman–Crippen LogP) is 2.71. The number of pyridine rings is 1. The molecule has 0 atom stereocenters. The van der Waals surface area contributed by atoms with Crippen molar-refractivity contribution in [2.45, 2.75) is 25.7 Å². The molecule has 1 saturated heterocycles. The number of hydrogen-bond donors (Lipinski definition) is 1. The zero-order valence-corrected chi connectivity index (χ0v) is 9.74. The first kappa shape index (κ1) is 9.91. The van der Waals surface area contributed by atoms with Crippen molar-refractivity contribution >= 4 is 5.52 Å². The number of aryl methyl sites for hydroxylation is 1. The van der Waals surface area contributed by atoms with Gasteiger partial charge in [-0.1, -0.05) is 6.07 Å². The van der Waals surface area contributed by atoms with Gasteiger partial charge in [0, 0.05) is 23.3 Å². The molecule has 0 aromatic carbocycles. The summed E-state index contributed by atoms with van der Waals surface area (Å²) in [6.45, 7) is 4.55. The molecule has 0 radical (unpaired) electrons. The molecule has 0 amide bonds. The summed E-state index contributed by atoms with van der Waals surface area (Å²) in [4.78, 5) is 0. The van der Waals surface area contributed by atoms with Crippen LogP contribution in [0.4, 0.5) is 0 Å². The normalized spacial score (nSPS) is 18.1. The van der Waals surface area contributed by atoms with Crippen molar-refractivity contribution in [3.8, 4) is 0 Å². The Kier molecular flexibility index (Phi) is 2.44. The Bertz CT molecular complexity index is 492. The molecule has 0 unspecified atom stereocenters. The molecule has 1 aliphatic rings. The van der Waals surface area contributed by atoms with E-state index in [4.69, 9.17) is 0 Å². The van der Waals surface area contributed by atoms with Crippen LogP contribution in [-0.2, 0) is 0 Å². The molecule has 1 fully saturated rings. The van der Waals surface area contributed by atoms with Gasteiger partial charge in [0.25, 0.3) is 0 Å². The average Bonchev–Trinajstić information content (AvgIpc) is 2.66. The Labute approximate surface area is 96.3 Å². The minimum atomic E-state index is 0.728. The molecule has 0 spiro atoms. The lowest BCUT2D eigenvalue weighted by Gasteiger charge is -2.23. The molecule has 0 bridgehead atoms. The topological polar surface area (TPSA) is 16.4 Å². The molecular formula is C14H18N2. The van der Waals surface area contributed by atoms with Gasteiger partial charge in [0.05, 0.1) is 0 Å². The Morgan fingerprint density at radius 3 is 2.88 bits per heavy atom. The van der Waals surface area contributed by atoms with Crippen LogP contribution in [0.1, 0.15) is 30.0 Å². The zero-order chi connectivity index (χ0) is 11.0. The SMILES string of the molecule is Cc1cc2ccccn2c1C1CCNCC1. The van der Waals surface area contributed by atoms with Crippen LogP contribution in [0.25, 0.3) is 5.52 Å². The van der Waals surface area contributed by atoms with Crippen LogP contribution in [-0.4, -0.2) is 17.5 Å². The number of nitrogens with zero attached hydrogens (tertiary/aromatic N) is 1. The summed E-state index contributed by atoms with van der Waals surface area (Å²) in [6.07, 6.45) is 4.73. The van der Waals surface area contributed by atoms with E-state index in [1.165, 1.54) is 29.6 Å². The van der Waals surface area contributed by atoms with Gasteiger partial charge in [0.2, 0.25) is 0 Å². The van der Waals surface area contributed by atoms with Crippen molar-refractivity contribution in [2.24, 2.45) is 0 Å². The van der Waals surface area contributed by atoms with E-state index in [2.05, 4.69) is 47.1 Å². The summed E-state index contributed by atoms with van der Waals surface area (Å²) in [6, 6.07) is 8.73. The van der Waals surface area contributed by atoms with Crippen molar-refractivity contribution in [1.29, 1.82) is 0 Å². The maximum Gasteiger partial charge on any atom is 0.0455 e. The fourth-order valence-electron chi connectivity index (χ4n) is 2.89. The quantitative estimate of drug-likeness (QED) is 0.772. The molecule has 2 nitrogen and oxygen atoms in total. The lowest BCUT2D eigenvalue weighted by Crippen LogP contribution is -2.27. The first-order valence-electron chi connectivity index (χ1n) is 6.13. The van der Waals surface area contributed by atoms with Gasteiger partial charge in [-0.15, -0.1) is 0 Å². The summed E-state index contributed by atoms with van der Waals surface area (Å²) >= 11 is 0. The molecule has 3 rings (SSSR count). The van der Waals surface area contributed by atoms with E-state index in [-0.39, 0.29) is 0 Å². The van der Waals surface area contributed by atoms with Gasteiger partial charge in [0.15, 0.2) is 0 Å². The molecule has 84 valence electrons. The summed E-state index contributed by atoms with van der Waals surface area (Å²) in [7, 11) is 0. The van der Waals surface area contributed by atoms with Gasteiger partial charge < -0.3 is 9.72 Å². The van der Waals surface area contributed by atoms with Gasteiger partial charge in [0.1, 0.15) is 0 Å². The second kappa shape index (κ2) is 3.95. The predicted molar refractivity (Wildman–Crippen MR) is 67.0 cm³/mol. The fraction of sp³-hybridized carbons (Fsp3) is 0.429. The summed E-state index contributed by atoms with van der Waals surface area (Å²) in [5, 5.41) is 3.43. The van der Waals surface area contributed by atoms with Crippen molar-refractivity contribution < 1.29 is 0 Å². The van der Waals surface area contributed by atoms with Crippen molar-refractivity contribution in [1.82, 2.24) is 9.72 Å². The number of piperidine rings is 1. The summed E-state index contributed by atoms with van der Waals surface area (Å²) in [5.41, 5.74) is 4.30. The second-order valence-corrected chi connectivity index (χ2v) is 4.73. The highest BCUT2D eigenvalue weighted by molar-refractivity contribution is 5.53. The fourth-order valence-corrected chi connectivity index (χ4v) is 2.89. The first-order valence-corrected chi connectivity index (χ1v) is 6.13. The first-order chi connectivity index (χ1) is 7.86. The monoisotopic (exact) mass is 214 g/mol. The van der Waals surface area contributed by atoms with E-state index in [9.17, 15) is 0 Å². The Balaban J connectivity index is 2.10. The lowest BCUT2D eigenvalue weighted by molar-refractivity contribution is 0.450. The minimum Gasteiger partial charge on any atom is -0.320 e. The number of rotatable bonds is 1. The molecule has 2 heteroatoms. The van der Waals surface area contributed by atoms with Gasteiger partial charge in [-0.25, -0.2) is 0 Å². The Morgan fingerprint density at radius 2 is 2.06 bits per heavy atom. The number of aromatic nitrogens is 1. The molecule has 0 saturated carbocycles. The molecule has 2 aromatic rings. The zero-order valence-electron chi connectivity index (χ0n) is 9.74. The second-order valence-electron chi connectivity index (χ2n) is 4.73. The molecule has 2 aromatic heterocycles. The molecule has 1 aliphatic heterocycles. The van der Waals surface area contributed by atoms with E-state index >= 15 is 0 Å². The third kappa shape index (κ3) is 1.54. The van der Waals surface area contributed by atoms with Gasteiger partial charge in [-0.05, 0) is 56.6 Å². The highest BCUT2D eigenvalue weighted by atomic mass is 14.9. The Morgan fingerprint density at radius 1 is 1.25 bits per heavy atom. The number of fused-ring (bicyclic) bond motifs is 1. The van der Waals surface area contributed by atoms with Crippen LogP contribution in [0.2, 0.25) is 0 Å². The molecule has 16 heavy (non-hydrogen) atoms. The van der Waals surface area contributed by atoms with Crippen molar-refractivity contribution in [2.75, 3.05) is 13.1 Å². The smallest absolute Gasteiger partial charge is 0.0455 e. The Hall–Kier alpha value is -1.28. The van der Waals surface area contributed by atoms with Gasteiger partial charge in [-0.3, -0.25) is 0 Å². The van der Waals surface area contributed by atoms with E-state index < -0.39 is 0 Å². The largest absolute Gasteiger partial charge is 0.320 e. The van der Waals surface area contributed by atoms with Crippen molar-refractivity contribution in [3.63, 3.8) is 0 Å². The number of nitrogens with one attached hydrogen (secondary N) is 1. The molecule has 3 heterocycles. The van der Waals surface area contributed by atoms with E-state index in [0.29, 0.717) is 0 Å². The lowest BCUT2D eigenvalue weighted by atomic mass is 9.92. The van der Waals surface area contributed by atoms with Crippen LogP contribution in [0.3, 0.4) is 0 Å². The minimum absolute atomic E-state index is 0.728. The van der Waals surface area contributed by atoms with Crippen LogP contribution < -0.4 is 5.32 Å². The maximum absolute atomic E-state index is 3.43. The molecular weight excluding hydrogens is 196 g/mol. The molecule has 1 N–H and O–H groups in total. The van der Waals surface area contributed by atoms with E-state index in [0.717, 1.165) is 19.0 Å². The number of hydrogen-bond acceptors (Lipinski definition) is 1. The highest BCUT2D eigenvalue weighted by Crippen LogP contribution is 2.30. The summed E-state index contributed by atoms with van der Waals surface area (Å²) < 4.78 is 2.37. The highest BCUT2D eigenvalue weighted by Gasteiger charge is 2.20. The molecule has 0 aliphatic carbocycles. The van der Waals surface area contributed by atoms with Crippen LogP contribution >= 0.6 is 0 Å². The third-order valence-electron chi connectivity index (χ3n) is 3.65. The maximum atomic E-state index is 3.43. The van der Waals surface area contributed by atoms with Crippen molar-refractivity contribution in [3.05, 3.63) is 41.7 Å². The van der Waals surface area contributed by atoms with E-state index in [1.54, 1.807) is 0 Å². The van der Waals surface area contributed by atoms with Gasteiger partial charge >= 0.3 is 0 Å².